The molecule has 1 heteroatoms. The van der Waals surface area contributed by atoms with Crippen LogP contribution >= 0.6 is 0 Å². The highest BCUT2D eigenvalue weighted by atomic mass is 14.2. The van der Waals surface area contributed by atoms with Crippen molar-refractivity contribution in [1.29, 1.82) is 5.26 Å². The third kappa shape index (κ3) is 5.66. The predicted octanol–water partition coefficient (Wildman–Crippen LogP) is 3.43. The third-order valence-electron chi connectivity index (χ3n) is 1.64. The Balaban J connectivity index is 3.55. The van der Waals surface area contributed by atoms with Crippen molar-refractivity contribution >= 4 is 0 Å². The Bertz CT molecular complexity index is 151. The van der Waals surface area contributed by atoms with Gasteiger partial charge in [-0.15, -0.1) is 0 Å². The van der Waals surface area contributed by atoms with E-state index >= 15 is 0 Å². The highest BCUT2D eigenvalue weighted by Crippen LogP contribution is 2.08. The Kier molecular flexibility index (Phi) is 6.82. The Morgan fingerprint density at radius 1 is 1.36 bits per heavy atom. The van der Waals surface area contributed by atoms with Crippen LogP contribution in [0.15, 0.2) is 11.6 Å². The molecule has 11 heavy (non-hydrogen) atoms. The number of hydrogen-bond acceptors (Lipinski definition) is 1. The van der Waals surface area contributed by atoms with Gasteiger partial charge in [0.2, 0.25) is 0 Å². The predicted molar refractivity (Wildman–Crippen MR) is 48.1 cm³/mol. The van der Waals surface area contributed by atoms with Crippen LogP contribution in [0.4, 0.5) is 0 Å². The Morgan fingerprint density at radius 2 is 2.09 bits per heavy atom. The van der Waals surface area contributed by atoms with E-state index in [1.807, 2.05) is 6.08 Å². The second kappa shape index (κ2) is 7.34. The van der Waals surface area contributed by atoms with E-state index in [0.717, 1.165) is 24.8 Å². The standard InChI is InChI=1S/C10H17N/c1-3-5-6-8-10(9-11)7-4-2/h7H,3-6,8H2,1-2H3. The number of rotatable bonds is 5. The van der Waals surface area contributed by atoms with Crippen molar-refractivity contribution in [2.24, 2.45) is 0 Å². The molecule has 0 aliphatic heterocycles. The molecule has 0 aromatic carbocycles. The first-order valence-electron chi connectivity index (χ1n) is 4.44. The van der Waals surface area contributed by atoms with Crippen molar-refractivity contribution in [2.45, 2.75) is 46.0 Å². The van der Waals surface area contributed by atoms with Crippen molar-refractivity contribution in [3.8, 4) is 6.07 Å². The van der Waals surface area contributed by atoms with Gasteiger partial charge in [-0.2, -0.15) is 5.26 Å². The molecule has 0 rings (SSSR count). The molecule has 0 spiro atoms. The van der Waals surface area contributed by atoms with Gasteiger partial charge in [0.15, 0.2) is 0 Å². The lowest BCUT2D eigenvalue weighted by molar-refractivity contribution is 0.719. The summed E-state index contributed by atoms with van der Waals surface area (Å²) >= 11 is 0. The second-order valence-corrected chi connectivity index (χ2v) is 2.71. The molecule has 0 fully saturated rings. The van der Waals surface area contributed by atoms with Crippen LogP contribution in [0.25, 0.3) is 0 Å². The molecule has 0 aliphatic carbocycles. The summed E-state index contributed by atoms with van der Waals surface area (Å²) in [4.78, 5) is 0. The van der Waals surface area contributed by atoms with Crippen molar-refractivity contribution in [2.75, 3.05) is 0 Å². The van der Waals surface area contributed by atoms with Gasteiger partial charge in [-0.1, -0.05) is 32.8 Å². The van der Waals surface area contributed by atoms with Gasteiger partial charge in [-0.3, -0.25) is 0 Å². The second-order valence-electron chi connectivity index (χ2n) is 2.71. The molecule has 0 unspecified atom stereocenters. The van der Waals surface area contributed by atoms with Crippen LogP contribution in [0.5, 0.6) is 0 Å². The van der Waals surface area contributed by atoms with Crippen LogP contribution in [0.3, 0.4) is 0 Å². The summed E-state index contributed by atoms with van der Waals surface area (Å²) in [7, 11) is 0. The van der Waals surface area contributed by atoms with E-state index in [0.29, 0.717) is 0 Å². The average Bonchev–Trinajstić information content (AvgIpc) is 2.03. The molecule has 0 amide bonds. The molecular weight excluding hydrogens is 134 g/mol. The first kappa shape index (κ1) is 10.2. The van der Waals surface area contributed by atoms with Gasteiger partial charge in [-0.25, -0.2) is 0 Å². The van der Waals surface area contributed by atoms with Crippen molar-refractivity contribution in [3.05, 3.63) is 11.6 Å². The van der Waals surface area contributed by atoms with Crippen molar-refractivity contribution in [1.82, 2.24) is 0 Å². The minimum atomic E-state index is 0.959. The Morgan fingerprint density at radius 3 is 2.55 bits per heavy atom. The lowest BCUT2D eigenvalue weighted by Gasteiger charge is -1.95. The summed E-state index contributed by atoms with van der Waals surface area (Å²) in [5, 5.41) is 8.64. The van der Waals surface area contributed by atoms with E-state index in [2.05, 4.69) is 19.9 Å². The molecule has 0 saturated carbocycles. The van der Waals surface area contributed by atoms with Crippen molar-refractivity contribution < 1.29 is 0 Å². The Labute approximate surface area is 69.7 Å². The molecule has 0 saturated heterocycles. The number of allylic oxidation sites excluding steroid dienone is 2. The summed E-state index contributed by atoms with van der Waals surface area (Å²) in [5.41, 5.74) is 0.959. The van der Waals surface area contributed by atoms with E-state index in [1.165, 1.54) is 12.8 Å². The zero-order valence-corrected chi connectivity index (χ0v) is 7.56. The van der Waals surface area contributed by atoms with Gasteiger partial charge in [0.25, 0.3) is 0 Å². The van der Waals surface area contributed by atoms with Gasteiger partial charge in [-0.05, 0) is 19.3 Å². The van der Waals surface area contributed by atoms with E-state index < -0.39 is 0 Å². The SMILES string of the molecule is CCC=C(C#N)CCCCC. The lowest BCUT2D eigenvalue weighted by atomic mass is 10.1. The molecular formula is C10H17N. The topological polar surface area (TPSA) is 23.8 Å². The van der Waals surface area contributed by atoms with E-state index in [4.69, 9.17) is 5.26 Å². The van der Waals surface area contributed by atoms with E-state index in [9.17, 15) is 0 Å². The number of nitrogens with zero attached hydrogens (tertiary/aromatic N) is 1. The summed E-state index contributed by atoms with van der Waals surface area (Å²) < 4.78 is 0. The summed E-state index contributed by atoms with van der Waals surface area (Å²) in [6.45, 7) is 4.24. The molecule has 0 bridgehead atoms. The molecule has 0 heterocycles. The smallest absolute Gasteiger partial charge is 0.0943 e. The number of nitriles is 1. The Hall–Kier alpha value is -0.770. The van der Waals surface area contributed by atoms with E-state index in [-0.39, 0.29) is 0 Å². The monoisotopic (exact) mass is 151 g/mol. The van der Waals surface area contributed by atoms with E-state index in [1.54, 1.807) is 0 Å². The van der Waals surface area contributed by atoms with Gasteiger partial charge >= 0.3 is 0 Å². The van der Waals surface area contributed by atoms with Crippen LogP contribution in [0.2, 0.25) is 0 Å². The fraction of sp³-hybridized carbons (Fsp3) is 0.700. The lowest BCUT2D eigenvalue weighted by Crippen LogP contribution is -1.80. The minimum absolute atomic E-state index is 0.959. The number of hydrogen-bond donors (Lipinski definition) is 0. The van der Waals surface area contributed by atoms with Crippen molar-refractivity contribution in [3.63, 3.8) is 0 Å². The molecule has 0 aliphatic rings. The highest BCUT2D eigenvalue weighted by Gasteiger charge is 1.92. The van der Waals surface area contributed by atoms with Gasteiger partial charge < -0.3 is 0 Å². The molecule has 0 aromatic heterocycles. The highest BCUT2D eigenvalue weighted by molar-refractivity contribution is 5.19. The first-order valence-corrected chi connectivity index (χ1v) is 4.44. The average molecular weight is 151 g/mol. The normalized spacial score (nSPS) is 11.2. The fourth-order valence-electron chi connectivity index (χ4n) is 1.02. The molecule has 0 atom stereocenters. The van der Waals surface area contributed by atoms with Gasteiger partial charge in [0.05, 0.1) is 6.07 Å². The van der Waals surface area contributed by atoms with Crippen LogP contribution in [0, 0.1) is 11.3 Å². The molecule has 0 radical (unpaired) electrons. The fourth-order valence-corrected chi connectivity index (χ4v) is 1.02. The zero-order valence-electron chi connectivity index (χ0n) is 7.56. The third-order valence-corrected chi connectivity index (χ3v) is 1.64. The molecule has 62 valence electrons. The zero-order chi connectivity index (χ0) is 8.53. The van der Waals surface area contributed by atoms with Gasteiger partial charge in [0, 0.05) is 5.57 Å². The summed E-state index contributed by atoms with van der Waals surface area (Å²) in [6, 6.07) is 2.22. The maximum Gasteiger partial charge on any atom is 0.0943 e. The van der Waals surface area contributed by atoms with Crippen LogP contribution in [-0.4, -0.2) is 0 Å². The number of unbranched alkanes of at least 4 members (excludes halogenated alkanes) is 2. The van der Waals surface area contributed by atoms with Crippen LogP contribution in [0.1, 0.15) is 46.0 Å². The quantitative estimate of drug-likeness (QED) is 0.436. The summed E-state index contributed by atoms with van der Waals surface area (Å²) in [5.74, 6) is 0. The van der Waals surface area contributed by atoms with Crippen LogP contribution in [-0.2, 0) is 0 Å². The maximum absolute atomic E-state index is 8.64. The molecule has 1 nitrogen and oxygen atoms in total. The minimum Gasteiger partial charge on any atom is -0.193 e. The largest absolute Gasteiger partial charge is 0.193 e. The molecule has 0 N–H and O–H groups in total. The maximum atomic E-state index is 8.64. The van der Waals surface area contributed by atoms with Crippen LogP contribution < -0.4 is 0 Å². The summed E-state index contributed by atoms with van der Waals surface area (Å²) in [6.07, 6.45) is 7.60. The first-order chi connectivity index (χ1) is 5.35. The molecule has 0 aromatic rings. The van der Waals surface area contributed by atoms with Gasteiger partial charge in [0.1, 0.15) is 0 Å².